The quantitative estimate of drug-likeness (QED) is 0.201. The molecule has 1 aromatic heterocycles. The Bertz CT molecular complexity index is 1330. The molecule has 0 radical (unpaired) electrons. The number of rotatable bonds is 6. The molecule has 4 aromatic rings. The Balaban J connectivity index is 1.38. The molecular formula is C28H23BrNO5+. The summed E-state index contributed by atoms with van der Waals surface area (Å²) >= 11 is 3.70. The molecule has 3 aromatic carbocycles. The fraction of sp³-hybridized carbons (Fsp3) is 0.179. The number of alkyl halides is 1. The van der Waals surface area contributed by atoms with Gasteiger partial charge in [0.15, 0.2) is 18.5 Å². The number of hydrogen-bond donors (Lipinski definition) is 0. The molecule has 0 bridgehead atoms. The topological polar surface area (TPSA) is 65.7 Å². The molecule has 0 spiro atoms. The number of carbonyl (C=O) groups is 2. The monoisotopic (exact) mass is 532 g/mol. The largest absolute Gasteiger partial charge is 0.459 e. The summed E-state index contributed by atoms with van der Waals surface area (Å²) < 4.78 is 19.7. The number of halogens is 1. The Kier molecular flexibility index (Phi) is 6.88. The Morgan fingerprint density at radius 2 is 1.40 bits per heavy atom. The normalized spacial score (nSPS) is 21.5. The van der Waals surface area contributed by atoms with Crippen LogP contribution in [0.15, 0.2) is 103 Å². The van der Waals surface area contributed by atoms with Gasteiger partial charge in [-0.25, -0.2) is 9.59 Å². The highest BCUT2D eigenvalue weighted by Gasteiger charge is 2.51. The van der Waals surface area contributed by atoms with Crippen LogP contribution in [0.2, 0.25) is 0 Å². The second kappa shape index (κ2) is 10.4. The molecular weight excluding hydrogens is 510 g/mol. The highest BCUT2D eigenvalue weighted by atomic mass is 79.9. The van der Waals surface area contributed by atoms with Gasteiger partial charge >= 0.3 is 11.9 Å². The lowest BCUT2D eigenvalue weighted by Crippen LogP contribution is -2.44. The van der Waals surface area contributed by atoms with E-state index in [0.717, 1.165) is 10.8 Å². The second-order valence-electron chi connectivity index (χ2n) is 8.23. The number of carbonyl (C=O) groups excluding carboxylic acids is 2. The molecule has 2 heterocycles. The second-order valence-corrected chi connectivity index (χ2v) is 9.29. The first-order valence-corrected chi connectivity index (χ1v) is 12.2. The van der Waals surface area contributed by atoms with Crippen molar-refractivity contribution in [2.45, 2.75) is 23.3 Å². The zero-order valence-corrected chi connectivity index (χ0v) is 20.3. The number of aromatic nitrogens is 1. The summed E-state index contributed by atoms with van der Waals surface area (Å²) in [7, 11) is 0. The third kappa shape index (κ3) is 5.11. The summed E-state index contributed by atoms with van der Waals surface area (Å²) in [6, 6.07) is 27.6. The molecule has 0 unspecified atom stereocenters. The van der Waals surface area contributed by atoms with Gasteiger partial charge in [0.05, 0.1) is 11.1 Å². The van der Waals surface area contributed by atoms with Crippen LogP contribution in [0.1, 0.15) is 26.9 Å². The van der Waals surface area contributed by atoms with Crippen LogP contribution in [0.3, 0.4) is 0 Å². The van der Waals surface area contributed by atoms with Crippen LogP contribution in [-0.2, 0) is 14.2 Å². The third-order valence-electron chi connectivity index (χ3n) is 5.91. The highest BCUT2D eigenvalue weighted by molar-refractivity contribution is 9.09. The van der Waals surface area contributed by atoms with Gasteiger partial charge in [-0.15, -0.1) is 0 Å². The van der Waals surface area contributed by atoms with Crippen molar-refractivity contribution in [1.29, 1.82) is 0 Å². The third-order valence-corrected chi connectivity index (χ3v) is 6.89. The SMILES string of the molecule is O=C(OC[C@H]1O[C@H]([n+]2ccc3ccccc3c2)[C@@H](Br)[C@@H]1OC(=O)c1ccccc1)c1ccccc1. The lowest BCUT2D eigenvalue weighted by molar-refractivity contribution is -0.756. The van der Waals surface area contributed by atoms with Crippen molar-refractivity contribution in [2.24, 2.45) is 0 Å². The standard InChI is InChI=1S/C28H23BrNO5/c29-24-25(35-28(32)21-12-5-2-6-13-21)23(18-33-27(31)20-10-3-1-4-11-20)34-26(24)30-16-15-19-9-7-8-14-22(19)17-30/h1-17,23-26H,18H2/q+1/t23-,24+,25-,26+/m1/s1. The number of fused-ring (bicyclic) bond motifs is 1. The van der Waals surface area contributed by atoms with Crippen molar-refractivity contribution in [3.8, 4) is 0 Å². The van der Waals surface area contributed by atoms with Crippen LogP contribution < -0.4 is 4.57 Å². The molecule has 7 heteroatoms. The Hall–Kier alpha value is -3.55. The Labute approximate surface area is 211 Å². The summed E-state index contributed by atoms with van der Waals surface area (Å²) in [5.74, 6) is -0.928. The van der Waals surface area contributed by atoms with Gasteiger partial charge in [0.2, 0.25) is 0 Å². The minimum Gasteiger partial charge on any atom is -0.459 e. The van der Waals surface area contributed by atoms with Gasteiger partial charge in [0.1, 0.15) is 17.5 Å². The minimum atomic E-state index is -0.685. The number of benzene rings is 3. The number of pyridine rings is 1. The first-order chi connectivity index (χ1) is 17.1. The van der Waals surface area contributed by atoms with Crippen molar-refractivity contribution < 1.29 is 28.4 Å². The summed E-state index contributed by atoms with van der Waals surface area (Å²) in [5.41, 5.74) is 0.883. The Morgan fingerprint density at radius 3 is 2.09 bits per heavy atom. The smallest absolute Gasteiger partial charge is 0.338 e. The van der Waals surface area contributed by atoms with Gasteiger partial charge in [0.25, 0.3) is 6.23 Å². The molecule has 1 saturated heterocycles. The van der Waals surface area contributed by atoms with E-state index in [4.69, 9.17) is 14.2 Å². The van der Waals surface area contributed by atoms with Crippen LogP contribution in [0.25, 0.3) is 10.8 Å². The van der Waals surface area contributed by atoms with E-state index < -0.39 is 30.4 Å². The fourth-order valence-corrected chi connectivity index (χ4v) is 4.94. The molecule has 4 atom stereocenters. The van der Waals surface area contributed by atoms with Crippen molar-refractivity contribution >= 4 is 38.6 Å². The van der Waals surface area contributed by atoms with Gasteiger partial charge in [-0.05, 0) is 35.7 Å². The maximum atomic E-state index is 12.9. The van der Waals surface area contributed by atoms with Crippen LogP contribution in [0.4, 0.5) is 0 Å². The molecule has 0 aliphatic carbocycles. The average molecular weight is 533 g/mol. The molecule has 176 valence electrons. The van der Waals surface area contributed by atoms with Crippen LogP contribution >= 0.6 is 15.9 Å². The Morgan fingerprint density at radius 1 is 0.800 bits per heavy atom. The molecule has 6 nitrogen and oxygen atoms in total. The number of nitrogens with zero attached hydrogens (tertiary/aromatic N) is 1. The molecule has 0 saturated carbocycles. The predicted molar refractivity (Wildman–Crippen MR) is 133 cm³/mol. The van der Waals surface area contributed by atoms with Gasteiger partial charge in [-0.2, -0.15) is 4.57 Å². The van der Waals surface area contributed by atoms with E-state index in [1.54, 1.807) is 48.5 Å². The highest BCUT2D eigenvalue weighted by Crippen LogP contribution is 2.34. The molecule has 5 rings (SSSR count). The van der Waals surface area contributed by atoms with Crippen molar-refractivity contribution in [1.82, 2.24) is 0 Å². The van der Waals surface area contributed by atoms with E-state index in [1.165, 1.54) is 0 Å². The van der Waals surface area contributed by atoms with Crippen molar-refractivity contribution in [2.75, 3.05) is 6.61 Å². The lowest BCUT2D eigenvalue weighted by Gasteiger charge is -2.19. The number of esters is 2. The molecule has 1 aliphatic heterocycles. The van der Waals surface area contributed by atoms with E-state index >= 15 is 0 Å². The summed E-state index contributed by atoms with van der Waals surface area (Å²) in [5, 5.41) is 2.16. The van der Waals surface area contributed by atoms with E-state index in [9.17, 15) is 9.59 Å². The zero-order chi connectivity index (χ0) is 24.2. The molecule has 1 fully saturated rings. The average Bonchev–Trinajstić information content (AvgIpc) is 3.22. The fourth-order valence-electron chi connectivity index (χ4n) is 4.10. The molecule has 35 heavy (non-hydrogen) atoms. The van der Waals surface area contributed by atoms with Crippen molar-refractivity contribution in [3.63, 3.8) is 0 Å². The summed E-state index contributed by atoms with van der Waals surface area (Å²) in [6.07, 6.45) is 2.09. The predicted octanol–water partition coefficient (Wildman–Crippen LogP) is 4.87. The van der Waals surface area contributed by atoms with Crippen LogP contribution in [0, 0.1) is 0 Å². The lowest BCUT2D eigenvalue weighted by atomic mass is 10.1. The molecule has 1 aliphatic rings. The first-order valence-electron chi connectivity index (χ1n) is 11.3. The van der Waals surface area contributed by atoms with E-state index in [1.807, 2.05) is 59.4 Å². The maximum Gasteiger partial charge on any atom is 0.338 e. The van der Waals surface area contributed by atoms with Crippen LogP contribution in [0.5, 0.6) is 0 Å². The molecule has 0 N–H and O–H groups in total. The zero-order valence-electron chi connectivity index (χ0n) is 18.7. The van der Waals surface area contributed by atoms with Gasteiger partial charge in [-0.1, -0.05) is 70.5 Å². The van der Waals surface area contributed by atoms with E-state index in [-0.39, 0.29) is 11.4 Å². The number of ether oxygens (including phenoxy) is 3. The van der Waals surface area contributed by atoms with E-state index in [0.29, 0.717) is 11.1 Å². The summed E-state index contributed by atoms with van der Waals surface area (Å²) in [6.45, 7) is -0.0623. The van der Waals surface area contributed by atoms with Gasteiger partial charge in [-0.3, -0.25) is 0 Å². The molecule has 0 amide bonds. The van der Waals surface area contributed by atoms with E-state index in [2.05, 4.69) is 15.9 Å². The maximum absolute atomic E-state index is 12.9. The van der Waals surface area contributed by atoms with Gasteiger partial charge in [0, 0.05) is 11.5 Å². The summed E-state index contributed by atoms with van der Waals surface area (Å²) in [4.78, 5) is 25.0. The number of hydrogen-bond acceptors (Lipinski definition) is 5. The minimum absolute atomic E-state index is 0.0623. The van der Waals surface area contributed by atoms with Crippen LogP contribution in [-0.4, -0.2) is 35.6 Å². The van der Waals surface area contributed by atoms with Gasteiger partial charge < -0.3 is 14.2 Å². The van der Waals surface area contributed by atoms with Crippen molar-refractivity contribution in [3.05, 3.63) is 115 Å². The first kappa shape index (κ1) is 23.2.